The van der Waals surface area contributed by atoms with E-state index in [9.17, 15) is 9.59 Å². The molecule has 2 heterocycles. The molecule has 0 aliphatic carbocycles. The number of piperidine rings is 1. The quantitative estimate of drug-likeness (QED) is 0.914. The van der Waals surface area contributed by atoms with Crippen LogP contribution in [0.5, 0.6) is 0 Å². The third kappa shape index (κ3) is 4.92. The van der Waals surface area contributed by atoms with Crippen LogP contribution in [0.2, 0.25) is 0 Å². The first-order valence-corrected chi connectivity index (χ1v) is 8.63. The smallest absolute Gasteiger partial charge is 0.410 e. The Morgan fingerprint density at radius 2 is 1.96 bits per heavy atom. The summed E-state index contributed by atoms with van der Waals surface area (Å²) < 4.78 is 5.39. The van der Waals surface area contributed by atoms with E-state index in [2.05, 4.69) is 4.98 Å². The average molecular weight is 340 g/mol. The van der Waals surface area contributed by atoms with Crippen molar-refractivity contribution in [2.24, 2.45) is 0 Å². The number of rotatable bonds is 3. The second-order valence-corrected chi connectivity index (χ2v) is 8.10. The number of likely N-dealkylation sites (tertiary alicyclic amines) is 1. The molecule has 1 N–H and O–H groups in total. The Labute approximate surface area is 140 Å². The van der Waals surface area contributed by atoms with E-state index in [1.54, 1.807) is 16.2 Å². The Morgan fingerprint density at radius 3 is 2.48 bits per heavy atom. The van der Waals surface area contributed by atoms with Crippen LogP contribution >= 0.6 is 11.3 Å². The molecular formula is C16H24N2O4S. The van der Waals surface area contributed by atoms with Crippen LogP contribution in [0.25, 0.3) is 0 Å². The highest BCUT2D eigenvalue weighted by atomic mass is 32.1. The molecule has 1 aliphatic heterocycles. The van der Waals surface area contributed by atoms with Gasteiger partial charge >= 0.3 is 12.1 Å². The molecule has 7 heteroatoms. The summed E-state index contributed by atoms with van der Waals surface area (Å²) in [6, 6.07) is 0. The minimum absolute atomic E-state index is 0.0287. The van der Waals surface area contributed by atoms with Crippen molar-refractivity contribution in [3.05, 3.63) is 15.6 Å². The fourth-order valence-electron chi connectivity index (χ4n) is 2.57. The SMILES string of the molecule is Cc1sc(C2CCN(C(=O)OC(C)(C)C)CC2)nc1CC(=O)O. The van der Waals surface area contributed by atoms with Crippen LogP contribution in [0.15, 0.2) is 0 Å². The third-order valence-corrected chi connectivity index (χ3v) is 4.90. The minimum atomic E-state index is -0.857. The van der Waals surface area contributed by atoms with Crippen LogP contribution in [0.1, 0.15) is 55.1 Å². The predicted octanol–water partition coefficient (Wildman–Crippen LogP) is 3.19. The summed E-state index contributed by atoms with van der Waals surface area (Å²) in [6.07, 6.45) is 1.37. The molecule has 1 amide bonds. The number of amides is 1. The zero-order valence-electron chi connectivity index (χ0n) is 14.1. The normalized spacial score (nSPS) is 16.4. The molecular weight excluding hydrogens is 316 g/mol. The highest BCUT2D eigenvalue weighted by Crippen LogP contribution is 2.33. The van der Waals surface area contributed by atoms with Gasteiger partial charge in [0.25, 0.3) is 0 Å². The molecule has 1 aromatic rings. The van der Waals surface area contributed by atoms with Crippen LogP contribution in [0, 0.1) is 6.92 Å². The lowest BCUT2D eigenvalue weighted by atomic mass is 9.98. The van der Waals surface area contributed by atoms with E-state index in [1.807, 2.05) is 27.7 Å². The van der Waals surface area contributed by atoms with Gasteiger partial charge in [-0.1, -0.05) is 0 Å². The minimum Gasteiger partial charge on any atom is -0.481 e. The van der Waals surface area contributed by atoms with Crippen LogP contribution in [-0.2, 0) is 16.0 Å². The van der Waals surface area contributed by atoms with Crippen molar-refractivity contribution in [1.29, 1.82) is 0 Å². The average Bonchev–Trinajstić information content (AvgIpc) is 2.78. The second kappa shape index (κ2) is 6.86. The maximum Gasteiger partial charge on any atom is 0.410 e. The van der Waals surface area contributed by atoms with Gasteiger partial charge in [0.15, 0.2) is 0 Å². The Morgan fingerprint density at radius 1 is 1.35 bits per heavy atom. The predicted molar refractivity (Wildman–Crippen MR) is 88.0 cm³/mol. The van der Waals surface area contributed by atoms with Crippen molar-refractivity contribution in [1.82, 2.24) is 9.88 Å². The van der Waals surface area contributed by atoms with Crippen LogP contribution in [0.3, 0.4) is 0 Å². The maximum absolute atomic E-state index is 12.1. The second-order valence-electron chi connectivity index (χ2n) is 6.87. The number of aromatic nitrogens is 1. The summed E-state index contributed by atoms with van der Waals surface area (Å²) in [7, 11) is 0. The fraction of sp³-hybridized carbons (Fsp3) is 0.688. The molecule has 0 saturated carbocycles. The number of hydrogen-bond donors (Lipinski definition) is 1. The highest BCUT2D eigenvalue weighted by Gasteiger charge is 2.29. The molecule has 0 unspecified atom stereocenters. The Bertz CT molecular complexity index is 583. The Kier molecular flexibility index (Phi) is 5.29. The van der Waals surface area contributed by atoms with E-state index in [0.717, 1.165) is 22.7 Å². The van der Waals surface area contributed by atoms with E-state index in [0.29, 0.717) is 24.7 Å². The van der Waals surface area contributed by atoms with E-state index in [-0.39, 0.29) is 12.5 Å². The first-order valence-electron chi connectivity index (χ1n) is 7.81. The van der Waals surface area contributed by atoms with Crippen molar-refractivity contribution in [3.8, 4) is 0 Å². The third-order valence-electron chi connectivity index (χ3n) is 3.72. The van der Waals surface area contributed by atoms with Crippen LogP contribution < -0.4 is 0 Å². The summed E-state index contributed by atoms with van der Waals surface area (Å²) in [4.78, 5) is 30.1. The van der Waals surface area contributed by atoms with E-state index >= 15 is 0 Å². The van der Waals surface area contributed by atoms with Crippen molar-refractivity contribution in [3.63, 3.8) is 0 Å². The number of thiazole rings is 1. The number of carbonyl (C=O) groups is 2. The molecule has 23 heavy (non-hydrogen) atoms. The number of carboxylic acids is 1. The van der Waals surface area contributed by atoms with Crippen LogP contribution in [0.4, 0.5) is 4.79 Å². The summed E-state index contributed by atoms with van der Waals surface area (Å²) in [5, 5.41) is 9.89. The zero-order valence-corrected chi connectivity index (χ0v) is 14.9. The summed E-state index contributed by atoms with van der Waals surface area (Å²) >= 11 is 1.57. The van der Waals surface area contributed by atoms with Gasteiger partial charge in [0.1, 0.15) is 5.60 Å². The molecule has 1 aliphatic rings. The Balaban J connectivity index is 1.94. The van der Waals surface area contributed by atoms with Crippen molar-refractivity contribution in [2.45, 2.75) is 58.5 Å². The molecule has 128 valence electrons. The molecule has 0 bridgehead atoms. The lowest BCUT2D eigenvalue weighted by molar-refractivity contribution is -0.136. The lowest BCUT2D eigenvalue weighted by Crippen LogP contribution is -2.41. The monoisotopic (exact) mass is 340 g/mol. The van der Waals surface area contributed by atoms with Gasteiger partial charge in [-0.25, -0.2) is 9.78 Å². The Hall–Kier alpha value is -1.63. The summed E-state index contributed by atoms with van der Waals surface area (Å²) in [5.74, 6) is -0.565. The number of aliphatic carboxylic acids is 1. The largest absolute Gasteiger partial charge is 0.481 e. The van der Waals surface area contributed by atoms with Crippen molar-refractivity contribution >= 4 is 23.4 Å². The molecule has 1 aromatic heterocycles. The van der Waals surface area contributed by atoms with E-state index in [4.69, 9.17) is 9.84 Å². The topological polar surface area (TPSA) is 79.7 Å². The number of ether oxygens (including phenoxy) is 1. The fourth-order valence-corrected chi connectivity index (χ4v) is 3.68. The van der Waals surface area contributed by atoms with Gasteiger partial charge in [-0.2, -0.15) is 0 Å². The number of hydrogen-bond acceptors (Lipinski definition) is 5. The van der Waals surface area contributed by atoms with Gasteiger partial charge in [-0.05, 0) is 40.5 Å². The first-order chi connectivity index (χ1) is 10.7. The van der Waals surface area contributed by atoms with Gasteiger partial charge in [0, 0.05) is 23.9 Å². The van der Waals surface area contributed by atoms with Crippen molar-refractivity contribution < 1.29 is 19.4 Å². The summed E-state index contributed by atoms with van der Waals surface area (Å²) in [6.45, 7) is 8.79. The van der Waals surface area contributed by atoms with Gasteiger partial charge in [-0.3, -0.25) is 4.79 Å². The number of aryl methyl sites for hydroxylation is 1. The number of carboxylic acid groups (broad SMARTS) is 1. The standard InChI is InChI=1S/C16H24N2O4S/c1-10-12(9-13(19)20)17-14(23-10)11-5-7-18(8-6-11)15(21)22-16(2,3)4/h11H,5-9H2,1-4H3,(H,19,20). The molecule has 1 fully saturated rings. The van der Waals surface area contributed by atoms with Gasteiger partial charge in [0.2, 0.25) is 0 Å². The number of nitrogens with zero attached hydrogens (tertiary/aromatic N) is 2. The molecule has 0 atom stereocenters. The highest BCUT2D eigenvalue weighted by molar-refractivity contribution is 7.11. The summed E-state index contributed by atoms with van der Waals surface area (Å²) in [5.41, 5.74) is 0.179. The van der Waals surface area contributed by atoms with E-state index in [1.165, 1.54) is 0 Å². The molecule has 2 rings (SSSR count). The molecule has 0 radical (unpaired) electrons. The van der Waals surface area contributed by atoms with Gasteiger partial charge in [-0.15, -0.1) is 11.3 Å². The maximum atomic E-state index is 12.1. The van der Waals surface area contributed by atoms with E-state index < -0.39 is 11.6 Å². The zero-order chi connectivity index (χ0) is 17.2. The van der Waals surface area contributed by atoms with Crippen molar-refractivity contribution in [2.75, 3.05) is 13.1 Å². The molecule has 0 aromatic carbocycles. The molecule has 1 saturated heterocycles. The molecule has 6 nitrogen and oxygen atoms in total. The van der Waals surface area contributed by atoms with Crippen LogP contribution in [-0.4, -0.2) is 45.7 Å². The number of carbonyl (C=O) groups excluding carboxylic acids is 1. The van der Waals surface area contributed by atoms with Gasteiger partial charge in [0.05, 0.1) is 17.1 Å². The first kappa shape index (κ1) is 17.7. The van der Waals surface area contributed by atoms with Gasteiger partial charge < -0.3 is 14.7 Å². The lowest BCUT2D eigenvalue weighted by Gasteiger charge is -2.32. The molecule has 0 spiro atoms.